The van der Waals surface area contributed by atoms with Crippen molar-refractivity contribution in [2.24, 2.45) is 5.41 Å². The van der Waals surface area contributed by atoms with Crippen LogP contribution >= 0.6 is 0 Å². The van der Waals surface area contributed by atoms with Gasteiger partial charge in [0.2, 0.25) is 5.91 Å². The zero-order valence-electron chi connectivity index (χ0n) is 13.5. The second-order valence-electron chi connectivity index (χ2n) is 7.18. The van der Waals surface area contributed by atoms with E-state index in [1.165, 1.54) is 12.8 Å². The molecule has 20 heavy (non-hydrogen) atoms. The van der Waals surface area contributed by atoms with Gasteiger partial charge in [0, 0.05) is 18.6 Å². The summed E-state index contributed by atoms with van der Waals surface area (Å²) < 4.78 is 0. The van der Waals surface area contributed by atoms with Gasteiger partial charge in [-0.3, -0.25) is 9.69 Å². The van der Waals surface area contributed by atoms with Crippen LogP contribution in [0, 0.1) is 5.41 Å². The first-order valence-corrected chi connectivity index (χ1v) is 8.19. The van der Waals surface area contributed by atoms with Crippen molar-refractivity contribution in [3.63, 3.8) is 0 Å². The van der Waals surface area contributed by atoms with Crippen LogP contribution in [0.4, 0.5) is 0 Å². The zero-order valence-corrected chi connectivity index (χ0v) is 13.5. The molecule has 0 bridgehead atoms. The first kappa shape index (κ1) is 15.8. The summed E-state index contributed by atoms with van der Waals surface area (Å²) in [6.45, 7) is 11.8. The largest absolute Gasteiger partial charge is 0.354 e. The smallest absolute Gasteiger partial charge is 0.237 e. The van der Waals surface area contributed by atoms with Crippen LogP contribution in [-0.2, 0) is 4.79 Å². The van der Waals surface area contributed by atoms with Crippen LogP contribution in [0.1, 0.15) is 53.4 Å². The van der Waals surface area contributed by atoms with Gasteiger partial charge in [-0.1, -0.05) is 6.92 Å². The lowest BCUT2D eigenvalue weighted by atomic mass is 9.81. The molecule has 0 spiro atoms. The lowest BCUT2D eigenvalue weighted by molar-refractivity contribution is -0.127. The number of carbonyl (C=O) groups excluding carboxylic acids is 1. The summed E-state index contributed by atoms with van der Waals surface area (Å²) in [5.41, 5.74) is 0.267. The monoisotopic (exact) mass is 281 g/mol. The van der Waals surface area contributed by atoms with Gasteiger partial charge < -0.3 is 10.6 Å². The third-order valence-electron chi connectivity index (χ3n) is 5.35. The highest BCUT2D eigenvalue weighted by atomic mass is 16.2. The number of nitrogens with one attached hydrogen (secondary N) is 2. The molecule has 3 unspecified atom stereocenters. The quantitative estimate of drug-likeness (QED) is 0.825. The van der Waals surface area contributed by atoms with Crippen LogP contribution in [0.5, 0.6) is 0 Å². The van der Waals surface area contributed by atoms with Crippen molar-refractivity contribution in [3.05, 3.63) is 0 Å². The van der Waals surface area contributed by atoms with Gasteiger partial charge in [-0.25, -0.2) is 0 Å². The summed E-state index contributed by atoms with van der Waals surface area (Å²) in [4.78, 5) is 14.8. The van der Waals surface area contributed by atoms with E-state index in [9.17, 15) is 4.79 Å². The van der Waals surface area contributed by atoms with E-state index in [2.05, 4.69) is 43.2 Å². The molecule has 3 atom stereocenters. The Morgan fingerprint density at radius 2 is 1.85 bits per heavy atom. The average molecular weight is 281 g/mol. The number of hydrogen-bond acceptors (Lipinski definition) is 3. The Hall–Kier alpha value is -0.610. The van der Waals surface area contributed by atoms with Crippen molar-refractivity contribution in [3.8, 4) is 0 Å². The van der Waals surface area contributed by atoms with Gasteiger partial charge in [-0.2, -0.15) is 0 Å². The molecule has 1 amide bonds. The zero-order chi connectivity index (χ0) is 14.8. The van der Waals surface area contributed by atoms with Crippen LogP contribution in [0.2, 0.25) is 0 Å². The summed E-state index contributed by atoms with van der Waals surface area (Å²) in [5.74, 6) is 0.199. The molecule has 2 saturated heterocycles. The first-order valence-electron chi connectivity index (χ1n) is 8.19. The molecule has 4 heteroatoms. The molecule has 116 valence electrons. The van der Waals surface area contributed by atoms with Crippen molar-refractivity contribution in [1.82, 2.24) is 15.5 Å². The van der Waals surface area contributed by atoms with Crippen molar-refractivity contribution >= 4 is 5.91 Å². The van der Waals surface area contributed by atoms with E-state index in [4.69, 9.17) is 0 Å². The van der Waals surface area contributed by atoms with Crippen LogP contribution in [0.15, 0.2) is 0 Å². The Morgan fingerprint density at radius 1 is 1.30 bits per heavy atom. The second-order valence-corrected chi connectivity index (χ2v) is 7.18. The highest BCUT2D eigenvalue weighted by Gasteiger charge is 2.35. The standard InChI is InChI=1S/C16H31N3O/c1-12-5-6-13(2)19(12)14(3)15(20)18-11-16(4)7-9-17-10-8-16/h12-14,17H,5-11H2,1-4H3,(H,18,20). The number of likely N-dealkylation sites (tertiary alicyclic amines) is 1. The summed E-state index contributed by atoms with van der Waals surface area (Å²) >= 11 is 0. The molecular weight excluding hydrogens is 250 g/mol. The van der Waals surface area contributed by atoms with E-state index in [1.807, 2.05) is 0 Å². The fraction of sp³-hybridized carbons (Fsp3) is 0.938. The van der Waals surface area contributed by atoms with E-state index in [0.717, 1.165) is 32.5 Å². The molecule has 2 N–H and O–H groups in total. The summed E-state index contributed by atoms with van der Waals surface area (Å²) in [6.07, 6.45) is 4.72. The van der Waals surface area contributed by atoms with Crippen LogP contribution in [0.3, 0.4) is 0 Å². The number of hydrogen-bond donors (Lipinski definition) is 2. The van der Waals surface area contributed by atoms with Crippen LogP contribution in [-0.4, -0.2) is 48.6 Å². The average Bonchev–Trinajstić information content (AvgIpc) is 2.76. The third kappa shape index (κ3) is 3.53. The minimum Gasteiger partial charge on any atom is -0.354 e. The fourth-order valence-corrected chi connectivity index (χ4v) is 3.77. The summed E-state index contributed by atoms with van der Waals surface area (Å²) in [6, 6.07) is 1.05. The number of rotatable bonds is 4. The topological polar surface area (TPSA) is 44.4 Å². The number of nitrogens with zero attached hydrogens (tertiary/aromatic N) is 1. The van der Waals surface area contributed by atoms with Gasteiger partial charge >= 0.3 is 0 Å². The highest BCUT2D eigenvalue weighted by Crippen LogP contribution is 2.28. The Balaban J connectivity index is 1.85. The van der Waals surface area contributed by atoms with Crippen molar-refractivity contribution < 1.29 is 4.79 Å². The third-order valence-corrected chi connectivity index (χ3v) is 5.35. The lowest BCUT2D eigenvalue weighted by Crippen LogP contribution is -2.51. The normalized spacial score (nSPS) is 32.0. The molecule has 0 aromatic rings. The molecular formula is C16H31N3O. The molecule has 2 aliphatic rings. The van der Waals surface area contributed by atoms with Gasteiger partial charge in [-0.05, 0) is 65.0 Å². The molecule has 0 aromatic heterocycles. The summed E-state index contributed by atoms with van der Waals surface area (Å²) in [5, 5.41) is 6.59. The van der Waals surface area contributed by atoms with Crippen molar-refractivity contribution in [2.75, 3.05) is 19.6 Å². The number of carbonyl (C=O) groups is 1. The maximum Gasteiger partial charge on any atom is 0.237 e. The van der Waals surface area contributed by atoms with Gasteiger partial charge in [0.25, 0.3) is 0 Å². The molecule has 0 radical (unpaired) electrons. The van der Waals surface area contributed by atoms with Crippen molar-refractivity contribution in [2.45, 2.75) is 71.5 Å². The highest BCUT2D eigenvalue weighted by molar-refractivity contribution is 5.81. The Labute approximate surface area is 123 Å². The first-order chi connectivity index (χ1) is 9.43. The van der Waals surface area contributed by atoms with Gasteiger partial charge in [0.1, 0.15) is 0 Å². The lowest BCUT2D eigenvalue weighted by Gasteiger charge is -2.36. The molecule has 0 saturated carbocycles. The Kier molecular flexibility index (Phi) is 5.08. The van der Waals surface area contributed by atoms with E-state index < -0.39 is 0 Å². The predicted octanol–water partition coefficient (Wildman–Crippen LogP) is 1.75. The SMILES string of the molecule is CC1CCC(C)N1C(C)C(=O)NCC1(C)CCNCC1. The molecule has 2 fully saturated rings. The minimum atomic E-state index is -0.00665. The van der Waals surface area contributed by atoms with E-state index in [0.29, 0.717) is 12.1 Å². The van der Waals surface area contributed by atoms with Gasteiger partial charge in [-0.15, -0.1) is 0 Å². The van der Waals surface area contributed by atoms with E-state index >= 15 is 0 Å². The number of piperidine rings is 1. The number of amides is 1. The second kappa shape index (κ2) is 6.44. The predicted molar refractivity (Wildman–Crippen MR) is 82.7 cm³/mol. The molecule has 2 rings (SSSR count). The molecule has 2 aliphatic heterocycles. The fourth-order valence-electron chi connectivity index (χ4n) is 3.77. The van der Waals surface area contributed by atoms with Gasteiger partial charge in [0.05, 0.1) is 6.04 Å². The molecule has 4 nitrogen and oxygen atoms in total. The molecule has 0 aliphatic carbocycles. The maximum atomic E-state index is 12.4. The van der Waals surface area contributed by atoms with Crippen LogP contribution in [0.25, 0.3) is 0 Å². The minimum absolute atomic E-state index is 0.00665. The van der Waals surface area contributed by atoms with E-state index in [1.54, 1.807) is 0 Å². The molecule has 2 heterocycles. The Morgan fingerprint density at radius 3 is 2.40 bits per heavy atom. The van der Waals surface area contributed by atoms with Gasteiger partial charge in [0.15, 0.2) is 0 Å². The maximum absolute atomic E-state index is 12.4. The van der Waals surface area contributed by atoms with Crippen molar-refractivity contribution in [1.29, 1.82) is 0 Å². The van der Waals surface area contributed by atoms with E-state index in [-0.39, 0.29) is 17.4 Å². The molecule has 0 aromatic carbocycles. The summed E-state index contributed by atoms with van der Waals surface area (Å²) in [7, 11) is 0. The van der Waals surface area contributed by atoms with Crippen LogP contribution < -0.4 is 10.6 Å². The Bertz CT molecular complexity index is 329.